The van der Waals surface area contributed by atoms with E-state index in [4.69, 9.17) is 14.6 Å². The molecule has 7 heteroatoms. The summed E-state index contributed by atoms with van der Waals surface area (Å²) in [4.78, 5) is 27.1. The van der Waals surface area contributed by atoms with Crippen molar-refractivity contribution in [1.82, 2.24) is 4.98 Å². The minimum absolute atomic E-state index is 0.0142. The number of carbonyl (C=O) groups is 2. The number of hydrogen-bond donors (Lipinski definition) is 2. The molecular weight excluding hydrogens is 288 g/mol. The summed E-state index contributed by atoms with van der Waals surface area (Å²) in [6.07, 6.45) is 2.48. The van der Waals surface area contributed by atoms with Gasteiger partial charge in [0.05, 0.1) is 31.0 Å². The van der Waals surface area contributed by atoms with Crippen LogP contribution in [-0.4, -0.2) is 36.2 Å². The van der Waals surface area contributed by atoms with E-state index in [0.29, 0.717) is 17.2 Å². The van der Waals surface area contributed by atoms with Crippen molar-refractivity contribution in [2.45, 2.75) is 0 Å². The number of aromatic carboxylic acids is 1. The van der Waals surface area contributed by atoms with Gasteiger partial charge in [0.15, 0.2) is 0 Å². The summed E-state index contributed by atoms with van der Waals surface area (Å²) in [7, 11) is 2.97. The van der Waals surface area contributed by atoms with Gasteiger partial charge in [-0.15, -0.1) is 0 Å². The van der Waals surface area contributed by atoms with Crippen LogP contribution >= 0.6 is 0 Å². The van der Waals surface area contributed by atoms with Gasteiger partial charge in [-0.25, -0.2) is 4.79 Å². The smallest absolute Gasteiger partial charge is 0.338 e. The molecule has 0 bridgehead atoms. The fraction of sp³-hybridized carbons (Fsp3) is 0.133. The summed E-state index contributed by atoms with van der Waals surface area (Å²) in [5.74, 6) is -0.813. The molecular formula is C15H14N2O5. The minimum atomic E-state index is -1.22. The van der Waals surface area contributed by atoms with Gasteiger partial charge >= 0.3 is 5.97 Å². The lowest BCUT2D eigenvalue weighted by molar-refractivity contribution is 0.0692. The molecule has 0 radical (unpaired) electrons. The molecule has 0 saturated carbocycles. The molecule has 0 fully saturated rings. The average Bonchev–Trinajstić information content (AvgIpc) is 2.55. The Hall–Kier alpha value is -3.09. The fourth-order valence-corrected chi connectivity index (χ4v) is 1.85. The Morgan fingerprint density at radius 1 is 1.14 bits per heavy atom. The molecule has 0 aliphatic rings. The highest BCUT2D eigenvalue weighted by Gasteiger charge is 2.18. The Labute approximate surface area is 126 Å². The molecule has 7 nitrogen and oxygen atoms in total. The number of carboxylic acid groups (broad SMARTS) is 1. The van der Waals surface area contributed by atoms with Crippen molar-refractivity contribution < 1.29 is 24.2 Å². The third-order valence-electron chi connectivity index (χ3n) is 2.95. The SMILES string of the molecule is COc1ccc(NC(=O)c2ccncc2C(=O)O)c(OC)c1. The van der Waals surface area contributed by atoms with Crippen molar-refractivity contribution in [1.29, 1.82) is 0 Å². The Morgan fingerprint density at radius 2 is 1.91 bits per heavy atom. The maximum Gasteiger partial charge on any atom is 0.338 e. The lowest BCUT2D eigenvalue weighted by Crippen LogP contribution is -2.17. The number of carboxylic acids is 1. The highest BCUT2D eigenvalue weighted by atomic mass is 16.5. The first-order chi connectivity index (χ1) is 10.6. The van der Waals surface area contributed by atoms with E-state index >= 15 is 0 Å². The number of benzene rings is 1. The van der Waals surface area contributed by atoms with Gasteiger partial charge in [0.1, 0.15) is 11.5 Å². The zero-order valence-electron chi connectivity index (χ0n) is 12.0. The maximum absolute atomic E-state index is 12.3. The van der Waals surface area contributed by atoms with Gasteiger partial charge in [-0.1, -0.05) is 0 Å². The molecule has 1 aromatic heterocycles. The van der Waals surface area contributed by atoms with E-state index in [1.165, 1.54) is 26.5 Å². The highest BCUT2D eigenvalue weighted by Crippen LogP contribution is 2.29. The zero-order chi connectivity index (χ0) is 16.1. The quantitative estimate of drug-likeness (QED) is 0.877. The number of nitrogens with one attached hydrogen (secondary N) is 1. The fourth-order valence-electron chi connectivity index (χ4n) is 1.85. The van der Waals surface area contributed by atoms with Crippen molar-refractivity contribution in [3.8, 4) is 11.5 Å². The lowest BCUT2D eigenvalue weighted by Gasteiger charge is -2.12. The number of hydrogen-bond acceptors (Lipinski definition) is 5. The number of methoxy groups -OCH3 is 2. The highest BCUT2D eigenvalue weighted by molar-refractivity contribution is 6.10. The molecule has 2 aromatic rings. The minimum Gasteiger partial charge on any atom is -0.497 e. The molecule has 1 heterocycles. The van der Waals surface area contributed by atoms with Gasteiger partial charge in [-0.3, -0.25) is 9.78 Å². The van der Waals surface area contributed by atoms with Crippen LogP contribution in [0.1, 0.15) is 20.7 Å². The third-order valence-corrected chi connectivity index (χ3v) is 2.95. The van der Waals surface area contributed by atoms with E-state index in [-0.39, 0.29) is 11.1 Å². The largest absolute Gasteiger partial charge is 0.497 e. The number of nitrogens with zero attached hydrogens (tertiary/aromatic N) is 1. The van der Waals surface area contributed by atoms with Crippen molar-refractivity contribution in [3.63, 3.8) is 0 Å². The van der Waals surface area contributed by atoms with Crippen LogP contribution < -0.4 is 14.8 Å². The summed E-state index contributed by atoms with van der Waals surface area (Å²) in [6.45, 7) is 0. The summed E-state index contributed by atoms with van der Waals surface area (Å²) in [5, 5.41) is 11.7. The number of ether oxygens (including phenoxy) is 2. The van der Waals surface area contributed by atoms with E-state index in [2.05, 4.69) is 10.3 Å². The summed E-state index contributed by atoms with van der Waals surface area (Å²) in [6, 6.07) is 6.22. The second-order valence-corrected chi connectivity index (χ2v) is 4.25. The van der Waals surface area contributed by atoms with E-state index in [9.17, 15) is 9.59 Å². The number of rotatable bonds is 5. The summed E-state index contributed by atoms with van der Waals surface area (Å²) >= 11 is 0. The van der Waals surface area contributed by atoms with Gasteiger partial charge in [0.2, 0.25) is 0 Å². The third kappa shape index (κ3) is 3.14. The van der Waals surface area contributed by atoms with Crippen LogP contribution in [0.3, 0.4) is 0 Å². The van der Waals surface area contributed by atoms with Gasteiger partial charge in [0.25, 0.3) is 5.91 Å². The Bertz CT molecular complexity index is 715. The van der Waals surface area contributed by atoms with Gasteiger partial charge < -0.3 is 19.9 Å². The molecule has 0 saturated heterocycles. The number of carbonyl (C=O) groups excluding carboxylic acids is 1. The molecule has 1 amide bonds. The molecule has 0 unspecified atom stereocenters. The Morgan fingerprint density at radius 3 is 2.55 bits per heavy atom. The predicted molar refractivity (Wildman–Crippen MR) is 78.7 cm³/mol. The van der Waals surface area contributed by atoms with Gasteiger partial charge in [0, 0.05) is 18.5 Å². The molecule has 0 atom stereocenters. The first-order valence-electron chi connectivity index (χ1n) is 6.27. The van der Waals surface area contributed by atoms with Crippen molar-refractivity contribution in [2.24, 2.45) is 0 Å². The summed E-state index contributed by atoms with van der Waals surface area (Å²) < 4.78 is 10.3. The van der Waals surface area contributed by atoms with Crippen LogP contribution in [0.25, 0.3) is 0 Å². The van der Waals surface area contributed by atoms with Crippen molar-refractivity contribution >= 4 is 17.6 Å². The molecule has 2 N–H and O–H groups in total. The van der Waals surface area contributed by atoms with E-state index in [1.807, 2.05) is 0 Å². The van der Waals surface area contributed by atoms with Crippen molar-refractivity contribution in [2.75, 3.05) is 19.5 Å². The van der Waals surface area contributed by atoms with Gasteiger partial charge in [-0.2, -0.15) is 0 Å². The predicted octanol–water partition coefficient (Wildman–Crippen LogP) is 2.05. The standard InChI is InChI=1S/C15H14N2O5/c1-21-9-3-4-12(13(7-9)22-2)17-14(18)10-5-6-16-8-11(10)15(19)20/h3-8H,1-2H3,(H,17,18)(H,19,20). The second-order valence-electron chi connectivity index (χ2n) is 4.25. The van der Waals surface area contributed by atoms with Crippen LogP contribution in [-0.2, 0) is 0 Å². The number of anilines is 1. The zero-order valence-corrected chi connectivity index (χ0v) is 12.0. The first kappa shape index (κ1) is 15.3. The van der Waals surface area contributed by atoms with Crippen LogP contribution in [0.4, 0.5) is 5.69 Å². The molecule has 2 rings (SSSR count). The molecule has 0 spiro atoms. The Kier molecular flexibility index (Phi) is 4.57. The van der Waals surface area contributed by atoms with Crippen LogP contribution in [0.5, 0.6) is 11.5 Å². The number of pyridine rings is 1. The van der Waals surface area contributed by atoms with E-state index in [0.717, 1.165) is 6.20 Å². The normalized spacial score (nSPS) is 9.91. The van der Waals surface area contributed by atoms with Crippen LogP contribution in [0, 0.1) is 0 Å². The van der Waals surface area contributed by atoms with Crippen molar-refractivity contribution in [3.05, 3.63) is 47.8 Å². The van der Waals surface area contributed by atoms with Crippen LogP contribution in [0.2, 0.25) is 0 Å². The topological polar surface area (TPSA) is 97.8 Å². The molecule has 0 aliphatic carbocycles. The molecule has 0 aliphatic heterocycles. The first-order valence-corrected chi connectivity index (χ1v) is 6.27. The van der Waals surface area contributed by atoms with E-state index in [1.54, 1.807) is 18.2 Å². The summed E-state index contributed by atoms with van der Waals surface area (Å²) in [5.41, 5.74) is 0.245. The average molecular weight is 302 g/mol. The second kappa shape index (κ2) is 6.57. The molecule has 22 heavy (non-hydrogen) atoms. The number of aromatic nitrogens is 1. The molecule has 1 aromatic carbocycles. The van der Waals surface area contributed by atoms with Crippen LogP contribution in [0.15, 0.2) is 36.7 Å². The van der Waals surface area contributed by atoms with Gasteiger partial charge in [-0.05, 0) is 18.2 Å². The lowest BCUT2D eigenvalue weighted by atomic mass is 10.1. The monoisotopic (exact) mass is 302 g/mol. The Balaban J connectivity index is 2.32. The molecule has 114 valence electrons. The number of amides is 1. The van der Waals surface area contributed by atoms with E-state index < -0.39 is 11.9 Å². The maximum atomic E-state index is 12.3.